The summed E-state index contributed by atoms with van der Waals surface area (Å²) in [5.41, 5.74) is -5.24. The lowest BCUT2D eigenvalue weighted by molar-refractivity contribution is -0.354. The van der Waals surface area contributed by atoms with Gasteiger partial charge in [0.15, 0.2) is 5.78 Å². The Bertz CT molecular complexity index is 4030. The number of fused-ring (bicyclic) bond motifs is 6. The molecule has 0 spiro atoms. The average molecular weight is 1360 g/mol. The van der Waals surface area contributed by atoms with Gasteiger partial charge in [0.05, 0.1) is 68.3 Å². The van der Waals surface area contributed by atoms with Gasteiger partial charge in [-0.2, -0.15) is 0 Å². The first kappa shape index (κ1) is 71.5. The molecule has 0 unspecified atom stereocenters. The number of aromatic nitrogens is 1. The van der Waals surface area contributed by atoms with E-state index in [1.165, 1.54) is 45.2 Å². The van der Waals surface area contributed by atoms with Crippen LogP contribution in [0.2, 0.25) is 5.02 Å². The van der Waals surface area contributed by atoms with Crippen LogP contribution in [0.5, 0.6) is 5.75 Å². The Morgan fingerprint density at radius 1 is 0.796 bits per heavy atom. The van der Waals surface area contributed by atoms with E-state index in [9.17, 15) is 48.6 Å². The van der Waals surface area contributed by atoms with E-state index in [4.69, 9.17) is 49.5 Å². The van der Waals surface area contributed by atoms with Crippen LogP contribution in [0.1, 0.15) is 120 Å². The van der Waals surface area contributed by atoms with Crippen LogP contribution in [0, 0.1) is 23.7 Å². The lowest BCUT2D eigenvalue weighted by atomic mass is 9.44. The third-order valence-electron chi connectivity index (χ3n) is 19.7. The van der Waals surface area contributed by atoms with Crippen molar-refractivity contribution in [3.63, 3.8) is 0 Å². The number of nitrogens with one attached hydrogen (secondary N) is 2. The number of methoxy groups -OCH3 is 1. The van der Waals surface area contributed by atoms with Gasteiger partial charge in [-0.05, 0) is 123 Å². The van der Waals surface area contributed by atoms with Crippen molar-refractivity contribution in [2.75, 3.05) is 40.1 Å². The molecule has 10 rings (SSSR count). The number of ketones is 1. The molecular formula is C74H78ClN3O20. The lowest BCUT2D eigenvalue weighted by Gasteiger charge is -2.68. The zero-order valence-corrected chi connectivity index (χ0v) is 55.8. The summed E-state index contributed by atoms with van der Waals surface area (Å²) in [6.45, 7) is 6.41. The summed E-state index contributed by atoms with van der Waals surface area (Å²) in [7, 11) is 1.52. The molecule has 5 aromatic carbocycles. The maximum Gasteiger partial charge on any atom is 0.350 e. The van der Waals surface area contributed by atoms with E-state index in [0.29, 0.717) is 63.9 Å². The molecule has 1 aromatic heterocycles. The standard InChI is InChI=1S/C74H78ClN3O20/c1-43-54(41-74(90)66(98-69(88)48-22-14-9-15-23-48)64-72(5,55(81)40-56-73(64,42-94-56)95-37-34-80)65(85)62(93-36-33-79)60(43)71(74,3)4)96-70(89)63(61(45-18-10-7-11-19-45)77-67(86)46-20-12-8-13-21-46)97-59(84)31-30-58(83)92-35-17-16-32-76-57(82)39-51-44(2)78(53-29-28-50(91-6)38-52(51)53)68(87)47-24-26-49(75)27-25-47/h7-15,18-29,33-34,38,54-56,61-64,66,81,90H,16-17,30-32,35-37,39-42H2,1-6H3,(H,76,82)(H,77,86)/t54-,55-,56+,61-,62+,63+,64-,66-,72+,73-,74+/m0/s1. The minimum absolute atomic E-state index is 0.00842. The highest BCUT2D eigenvalue weighted by atomic mass is 35.5. The van der Waals surface area contributed by atoms with Gasteiger partial charge in [-0.3, -0.25) is 33.3 Å². The van der Waals surface area contributed by atoms with Gasteiger partial charge >= 0.3 is 23.9 Å². The first-order valence-corrected chi connectivity index (χ1v) is 32.7. The molecule has 24 heteroatoms. The number of esters is 4. The number of carbonyl (C=O) groups excluding carboxylic acids is 10. The van der Waals surface area contributed by atoms with E-state index in [-0.39, 0.29) is 72.3 Å². The van der Waals surface area contributed by atoms with E-state index in [1.807, 2.05) is 0 Å². The minimum Gasteiger partial charge on any atom is -0.497 e. The smallest absolute Gasteiger partial charge is 0.350 e. The number of carbonyl (C=O) groups is 10. The average Bonchev–Trinajstić information content (AvgIpc) is 0.767. The normalized spacial score (nSPS) is 24.3. The van der Waals surface area contributed by atoms with Crippen molar-refractivity contribution >= 4 is 82.5 Å². The SMILES string of the molecule is COc1ccc2c(c1)c(CC(=O)NCCCCOC(=O)CCC(=O)O[C@@H](C(=O)O[C@H]1C[C@@]3(O)[C@@H](OC(=O)c4ccccc4)[C@@H]4[C@]5(OCC=O)CO[C@@H]5C[C@H](O)[C@@]4(C)C(=O)[C@H](OCC=O)C(=C1C)C3(C)C)[C@@H](NC(=O)c1ccccc1)c1ccccc1)c(C)n2C(=O)c1ccc(Cl)cc1. The zero-order valence-electron chi connectivity index (χ0n) is 55.0. The fourth-order valence-electron chi connectivity index (χ4n) is 14.4. The Labute approximate surface area is 570 Å². The summed E-state index contributed by atoms with van der Waals surface area (Å²) in [6, 6.07) is 34.0. The van der Waals surface area contributed by atoms with Crippen LogP contribution in [-0.2, 0) is 73.1 Å². The number of hydrogen-bond donors (Lipinski definition) is 4. The maximum absolute atomic E-state index is 15.9. The van der Waals surface area contributed by atoms with Crippen LogP contribution < -0.4 is 15.4 Å². The second-order valence-electron chi connectivity index (χ2n) is 25.6. The van der Waals surface area contributed by atoms with E-state index in [1.54, 1.807) is 135 Å². The van der Waals surface area contributed by atoms with Crippen LogP contribution in [0.4, 0.5) is 0 Å². The van der Waals surface area contributed by atoms with Gasteiger partial charge in [-0.1, -0.05) is 92.2 Å². The first-order chi connectivity index (χ1) is 46.9. The molecule has 0 radical (unpaired) electrons. The molecule has 11 atom stereocenters. The number of aldehydes is 2. The Morgan fingerprint density at radius 2 is 1.45 bits per heavy atom. The topological polar surface area (TPSA) is 314 Å². The monoisotopic (exact) mass is 1360 g/mol. The molecule has 6 aromatic rings. The second kappa shape index (κ2) is 30.3. The van der Waals surface area contributed by atoms with Gasteiger partial charge in [0.2, 0.25) is 12.0 Å². The third-order valence-corrected chi connectivity index (χ3v) is 20.0. The number of nitrogens with zero attached hydrogens (tertiary/aromatic N) is 1. The molecular weight excluding hydrogens is 1290 g/mol. The van der Waals surface area contributed by atoms with Gasteiger partial charge in [-0.15, -0.1) is 0 Å². The van der Waals surface area contributed by atoms with Crippen molar-refractivity contribution in [2.45, 2.75) is 133 Å². The number of amides is 2. The van der Waals surface area contributed by atoms with Crippen molar-refractivity contribution in [3.05, 3.63) is 183 Å². The van der Waals surface area contributed by atoms with Gasteiger partial charge in [0.25, 0.3) is 11.8 Å². The molecule has 3 fully saturated rings. The van der Waals surface area contributed by atoms with Gasteiger partial charge in [0, 0.05) is 57.9 Å². The number of aliphatic hydroxyl groups is 2. The van der Waals surface area contributed by atoms with E-state index in [2.05, 4.69) is 10.6 Å². The summed E-state index contributed by atoms with van der Waals surface area (Å²) < 4.78 is 50.1. The second-order valence-corrected chi connectivity index (χ2v) is 26.1. The Balaban J connectivity index is 0.889. The summed E-state index contributed by atoms with van der Waals surface area (Å²) in [5.74, 6) is -7.35. The highest BCUT2D eigenvalue weighted by molar-refractivity contribution is 6.30. The van der Waals surface area contributed by atoms with Gasteiger partial charge < -0.3 is 68.3 Å². The quantitative estimate of drug-likeness (QED) is 0.0126. The number of ether oxygens (including phenoxy) is 8. The van der Waals surface area contributed by atoms with Crippen LogP contribution in [-0.4, -0.2) is 163 Å². The maximum atomic E-state index is 15.9. The molecule has 1 saturated heterocycles. The number of aliphatic hydroxyl groups excluding tert-OH is 1. The molecule has 3 aliphatic carbocycles. The highest BCUT2D eigenvalue weighted by Gasteiger charge is 2.77. The largest absolute Gasteiger partial charge is 0.497 e. The summed E-state index contributed by atoms with van der Waals surface area (Å²) in [5, 5.41) is 33.3. The van der Waals surface area contributed by atoms with E-state index in [0.717, 1.165) is 0 Å². The predicted molar refractivity (Wildman–Crippen MR) is 353 cm³/mol. The molecule has 1 aliphatic heterocycles. The molecule has 98 heavy (non-hydrogen) atoms. The zero-order chi connectivity index (χ0) is 70.3. The summed E-state index contributed by atoms with van der Waals surface area (Å²) in [4.78, 5) is 140. The summed E-state index contributed by atoms with van der Waals surface area (Å²) >= 11 is 6.10. The van der Waals surface area contributed by atoms with Crippen molar-refractivity contribution in [1.29, 1.82) is 0 Å². The lowest BCUT2D eigenvalue weighted by Crippen LogP contribution is -2.81. The molecule has 4 N–H and O–H groups in total. The highest BCUT2D eigenvalue weighted by Crippen LogP contribution is 2.64. The summed E-state index contributed by atoms with van der Waals surface area (Å²) in [6.07, 6.45) is -10.5. The Hall–Kier alpha value is -9.23. The number of halogens is 1. The number of unbranched alkanes of at least 4 members (excludes halogenated alkanes) is 1. The Morgan fingerprint density at radius 3 is 2.09 bits per heavy atom. The van der Waals surface area contributed by atoms with Crippen molar-refractivity contribution in [1.82, 2.24) is 15.2 Å². The molecule has 2 heterocycles. The number of hydrogen-bond acceptors (Lipinski definition) is 20. The first-order valence-electron chi connectivity index (χ1n) is 32.3. The number of rotatable bonds is 27. The molecule has 2 bridgehead atoms. The fraction of sp³-hybridized carbons (Fsp3) is 0.405. The van der Waals surface area contributed by atoms with Crippen LogP contribution >= 0.6 is 11.6 Å². The van der Waals surface area contributed by atoms with Crippen molar-refractivity contribution in [3.8, 4) is 5.75 Å². The molecule has 2 amide bonds. The van der Waals surface area contributed by atoms with Crippen LogP contribution in [0.15, 0.2) is 145 Å². The van der Waals surface area contributed by atoms with Gasteiger partial charge in [-0.25, -0.2) is 9.59 Å². The molecule has 516 valence electrons. The minimum atomic E-state index is -2.48. The number of benzene rings is 5. The Kier molecular flexibility index (Phi) is 22.1. The fourth-order valence-corrected chi connectivity index (χ4v) is 14.6. The van der Waals surface area contributed by atoms with Crippen molar-refractivity contribution in [2.24, 2.45) is 16.7 Å². The number of Topliss-reactive ketones (excluding diaryl/α,β-unsaturated/α-hetero) is 1. The molecule has 23 nitrogen and oxygen atoms in total. The molecule has 4 aliphatic rings. The third kappa shape index (κ3) is 14.1. The van der Waals surface area contributed by atoms with E-state index < -0.39 is 139 Å². The van der Waals surface area contributed by atoms with Gasteiger partial charge in [0.1, 0.15) is 67.1 Å². The predicted octanol–water partition coefficient (Wildman–Crippen LogP) is 7.67. The van der Waals surface area contributed by atoms with Crippen molar-refractivity contribution < 1.29 is 96.1 Å². The van der Waals surface area contributed by atoms with E-state index >= 15 is 9.59 Å². The van der Waals surface area contributed by atoms with Crippen LogP contribution in [0.25, 0.3) is 10.9 Å². The molecule has 2 saturated carbocycles. The van der Waals surface area contributed by atoms with Crippen LogP contribution in [0.3, 0.4) is 0 Å².